The summed E-state index contributed by atoms with van der Waals surface area (Å²) in [5.41, 5.74) is 3.73. The van der Waals surface area contributed by atoms with E-state index in [1.807, 2.05) is 25.3 Å². The number of nitrogens with one attached hydrogen (secondary N) is 1. The number of aromatic nitrogens is 3. The van der Waals surface area contributed by atoms with Crippen molar-refractivity contribution in [1.29, 1.82) is 0 Å². The molecule has 4 aromatic rings. The van der Waals surface area contributed by atoms with Crippen molar-refractivity contribution in [1.82, 2.24) is 19.9 Å². The zero-order chi connectivity index (χ0) is 26.6. The Morgan fingerprint density at radius 2 is 1.87 bits per heavy atom. The van der Waals surface area contributed by atoms with Crippen LogP contribution in [-0.2, 0) is 11.2 Å². The van der Waals surface area contributed by atoms with Crippen molar-refractivity contribution >= 4 is 28.8 Å². The maximum absolute atomic E-state index is 14.0. The van der Waals surface area contributed by atoms with Gasteiger partial charge in [0.2, 0.25) is 0 Å². The molecule has 0 radical (unpaired) electrons. The highest BCUT2D eigenvalue weighted by Crippen LogP contribution is 2.28. The predicted molar refractivity (Wildman–Crippen MR) is 142 cm³/mol. The van der Waals surface area contributed by atoms with E-state index >= 15 is 0 Å². The minimum absolute atomic E-state index is 0.0993. The van der Waals surface area contributed by atoms with Crippen LogP contribution in [0, 0.1) is 18.6 Å². The number of halogens is 3. The largest absolute Gasteiger partial charge is 0.379 e. The predicted octanol–water partition coefficient (Wildman–Crippen LogP) is 5.36. The highest BCUT2D eigenvalue weighted by molar-refractivity contribution is 6.35. The number of rotatable bonds is 8. The number of carbonyl (C=O) groups excluding carboxylic acids is 1. The van der Waals surface area contributed by atoms with Crippen LogP contribution in [0.4, 0.5) is 20.2 Å². The van der Waals surface area contributed by atoms with Gasteiger partial charge in [0.05, 0.1) is 41.5 Å². The van der Waals surface area contributed by atoms with Crippen LogP contribution in [0.2, 0.25) is 5.02 Å². The van der Waals surface area contributed by atoms with Gasteiger partial charge in [-0.3, -0.25) is 9.69 Å². The van der Waals surface area contributed by atoms with Crippen molar-refractivity contribution in [3.05, 3.63) is 99.8 Å². The summed E-state index contributed by atoms with van der Waals surface area (Å²) in [5.74, 6) is -1.65. The summed E-state index contributed by atoms with van der Waals surface area (Å²) in [6.45, 7) is 6.08. The van der Waals surface area contributed by atoms with Crippen LogP contribution < -0.4 is 5.32 Å². The van der Waals surface area contributed by atoms with Crippen LogP contribution in [0.1, 0.15) is 27.2 Å². The SMILES string of the molecule is Cc1ccc(-n2cc(CCN3CCOCC3)nn2)cc1C(=O)c1ccc(Nc2ccc(F)cc2F)cc1Cl. The fourth-order valence-electron chi connectivity index (χ4n) is 4.30. The summed E-state index contributed by atoms with van der Waals surface area (Å²) >= 11 is 6.46. The van der Waals surface area contributed by atoms with Crippen molar-refractivity contribution < 1.29 is 18.3 Å². The topological polar surface area (TPSA) is 72.3 Å². The highest BCUT2D eigenvalue weighted by Gasteiger charge is 2.18. The lowest BCUT2D eigenvalue weighted by atomic mass is 9.98. The Morgan fingerprint density at radius 3 is 2.63 bits per heavy atom. The number of benzene rings is 3. The van der Waals surface area contributed by atoms with Gasteiger partial charge in [-0.2, -0.15) is 0 Å². The molecule has 1 aromatic heterocycles. The van der Waals surface area contributed by atoms with E-state index in [4.69, 9.17) is 16.3 Å². The molecule has 0 spiro atoms. The first kappa shape index (κ1) is 26.0. The first-order chi connectivity index (χ1) is 18.4. The van der Waals surface area contributed by atoms with Crippen molar-refractivity contribution in [3.63, 3.8) is 0 Å². The number of anilines is 2. The molecule has 0 bridgehead atoms. The molecule has 1 saturated heterocycles. The van der Waals surface area contributed by atoms with E-state index < -0.39 is 11.6 Å². The molecule has 2 heterocycles. The van der Waals surface area contributed by atoms with E-state index in [0.29, 0.717) is 22.5 Å². The standard InChI is InChI=1S/C28H26ClF2N5O2/c1-18-2-5-22(36-17-21(33-34-36)8-9-35-10-12-38-13-11-35)16-24(18)28(37)23-6-4-20(15-25(23)29)32-27-7-3-19(30)14-26(27)31/h2-7,14-17,32H,8-13H2,1H3. The van der Waals surface area contributed by atoms with Gasteiger partial charge in [-0.25, -0.2) is 13.5 Å². The van der Waals surface area contributed by atoms with Crippen molar-refractivity contribution in [2.75, 3.05) is 38.2 Å². The summed E-state index contributed by atoms with van der Waals surface area (Å²) < 4.78 is 34.3. The summed E-state index contributed by atoms with van der Waals surface area (Å²) in [4.78, 5) is 15.8. The van der Waals surface area contributed by atoms with Gasteiger partial charge in [-0.05, 0) is 55.0 Å². The molecule has 38 heavy (non-hydrogen) atoms. The third-order valence-corrected chi connectivity index (χ3v) is 6.80. The van der Waals surface area contributed by atoms with Crippen LogP contribution in [0.25, 0.3) is 5.69 Å². The normalized spacial score (nSPS) is 14.0. The first-order valence-corrected chi connectivity index (χ1v) is 12.6. The number of hydrogen-bond donors (Lipinski definition) is 1. The lowest BCUT2D eigenvalue weighted by Crippen LogP contribution is -2.37. The molecular formula is C28H26ClF2N5O2. The van der Waals surface area contributed by atoms with E-state index in [2.05, 4.69) is 20.5 Å². The van der Waals surface area contributed by atoms with Gasteiger partial charge in [0.25, 0.3) is 0 Å². The van der Waals surface area contributed by atoms with Gasteiger partial charge in [0.1, 0.15) is 11.6 Å². The van der Waals surface area contributed by atoms with E-state index in [0.717, 1.165) is 62.7 Å². The molecule has 1 N–H and O–H groups in total. The van der Waals surface area contributed by atoms with Crippen molar-refractivity contribution in [2.24, 2.45) is 0 Å². The van der Waals surface area contributed by atoms with Crippen molar-refractivity contribution in [2.45, 2.75) is 13.3 Å². The third-order valence-electron chi connectivity index (χ3n) is 6.48. The maximum atomic E-state index is 14.0. The van der Waals surface area contributed by atoms with Crippen LogP contribution in [-0.4, -0.2) is 58.5 Å². The third kappa shape index (κ3) is 5.91. The average molecular weight is 538 g/mol. The lowest BCUT2D eigenvalue weighted by molar-refractivity contribution is 0.0383. The number of morpholine rings is 1. The Labute approximate surface area is 224 Å². The second kappa shape index (κ2) is 11.4. The molecule has 3 aromatic carbocycles. The molecule has 0 atom stereocenters. The smallest absolute Gasteiger partial charge is 0.194 e. The molecule has 1 fully saturated rings. The highest BCUT2D eigenvalue weighted by atomic mass is 35.5. The van der Waals surface area contributed by atoms with Gasteiger partial charge >= 0.3 is 0 Å². The summed E-state index contributed by atoms with van der Waals surface area (Å²) in [5, 5.41) is 11.6. The molecular weight excluding hydrogens is 512 g/mol. The van der Waals surface area contributed by atoms with Gasteiger partial charge in [-0.1, -0.05) is 22.9 Å². The average Bonchev–Trinajstić information content (AvgIpc) is 3.39. The second-order valence-electron chi connectivity index (χ2n) is 9.13. The van der Waals surface area contributed by atoms with Crippen LogP contribution in [0.5, 0.6) is 0 Å². The van der Waals surface area contributed by atoms with Gasteiger partial charge in [-0.15, -0.1) is 5.10 Å². The molecule has 10 heteroatoms. The van der Waals surface area contributed by atoms with Gasteiger partial charge < -0.3 is 10.1 Å². The van der Waals surface area contributed by atoms with Crippen molar-refractivity contribution in [3.8, 4) is 5.69 Å². The molecule has 0 saturated carbocycles. The number of ketones is 1. The minimum Gasteiger partial charge on any atom is -0.379 e. The Hall–Kier alpha value is -3.66. The maximum Gasteiger partial charge on any atom is 0.194 e. The molecule has 0 unspecified atom stereocenters. The van der Waals surface area contributed by atoms with Crippen LogP contribution in [0.3, 0.4) is 0 Å². The Kier molecular flexibility index (Phi) is 7.78. The quantitative estimate of drug-likeness (QED) is 0.305. The molecule has 196 valence electrons. The monoisotopic (exact) mass is 537 g/mol. The fourth-order valence-corrected chi connectivity index (χ4v) is 4.57. The molecule has 1 aliphatic rings. The number of hydrogen-bond acceptors (Lipinski definition) is 6. The van der Waals surface area contributed by atoms with Crippen LogP contribution >= 0.6 is 11.6 Å². The van der Waals surface area contributed by atoms with E-state index in [1.54, 1.807) is 22.9 Å². The summed E-state index contributed by atoms with van der Waals surface area (Å²) in [6.07, 6.45) is 2.65. The zero-order valence-electron chi connectivity index (χ0n) is 20.8. The Balaban J connectivity index is 1.32. The van der Waals surface area contributed by atoms with E-state index in [9.17, 15) is 13.6 Å². The minimum atomic E-state index is -0.730. The number of nitrogens with zero attached hydrogens (tertiary/aromatic N) is 4. The zero-order valence-corrected chi connectivity index (χ0v) is 21.5. The number of ether oxygens (including phenoxy) is 1. The van der Waals surface area contributed by atoms with Crippen LogP contribution in [0.15, 0.2) is 60.8 Å². The Morgan fingerprint density at radius 1 is 1.05 bits per heavy atom. The number of carbonyl (C=O) groups is 1. The molecule has 0 amide bonds. The molecule has 0 aliphatic carbocycles. The summed E-state index contributed by atoms with van der Waals surface area (Å²) in [7, 11) is 0. The molecule has 1 aliphatic heterocycles. The Bertz CT molecular complexity index is 1470. The number of aryl methyl sites for hydroxylation is 1. The molecule has 5 rings (SSSR count). The van der Waals surface area contributed by atoms with Gasteiger partial charge in [0.15, 0.2) is 5.78 Å². The molecule has 7 nitrogen and oxygen atoms in total. The van der Waals surface area contributed by atoms with E-state index in [-0.39, 0.29) is 16.5 Å². The first-order valence-electron chi connectivity index (χ1n) is 12.3. The van der Waals surface area contributed by atoms with E-state index in [1.165, 1.54) is 12.1 Å². The second-order valence-corrected chi connectivity index (χ2v) is 9.54. The fraction of sp³-hybridized carbons (Fsp3) is 0.250. The lowest BCUT2D eigenvalue weighted by Gasteiger charge is -2.25. The van der Waals surface area contributed by atoms with Gasteiger partial charge in [0, 0.05) is 48.9 Å². The summed E-state index contributed by atoms with van der Waals surface area (Å²) in [6, 6.07) is 13.5.